The molecule has 0 radical (unpaired) electrons. The first kappa shape index (κ1) is 12.9. The molecule has 0 saturated carbocycles. The first-order chi connectivity index (χ1) is 7.49. The van der Waals surface area contributed by atoms with Crippen LogP contribution in [-0.4, -0.2) is 11.7 Å². The third-order valence-corrected chi connectivity index (χ3v) is 2.16. The lowest BCUT2D eigenvalue weighted by atomic mass is 9.99. The summed E-state index contributed by atoms with van der Waals surface area (Å²) in [5, 5.41) is 9.81. The highest BCUT2D eigenvalue weighted by molar-refractivity contribution is 5.29. The lowest BCUT2D eigenvalue weighted by molar-refractivity contribution is -0.0500. The average Bonchev–Trinajstić information content (AvgIpc) is 2.16. The highest BCUT2D eigenvalue weighted by Crippen LogP contribution is 2.25. The van der Waals surface area contributed by atoms with Gasteiger partial charge in [0, 0.05) is 0 Å². The van der Waals surface area contributed by atoms with E-state index in [0.29, 0.717) is 17.9 Å². The maximum absolute atomic E-state index is 12.0. The molecule has 0 amide bonds. The normalized spacial score (nSPS) is 13.2. The van der Waals surface area contributed by atoms with Gasteiger partial charge in [0.1, 0.15) is 5.75 Å². The summed E-state index contributed by atoms with van der Waals surface area (Å²) in [5.74, 6) is 0.421. The van der Waals surface area contributed by atoms with Crippen molar-refractivity contribution in [2.24, 2.45) is 5.92 Å². The summed E-state index contributed by atoms with van der Waals surface area (Å²) in [4.78, 5) is 0. The zero-order chi connectivity index (χ0) is 12.1. The minimum Gasteiger partial charge on any atom is -0.435 e. The molecular weight excluding hydrogens is 214 g/mol. The summed E-state index contributed by atoms with van der Waals surface area (Å²) in [6.45, 7) is 1.14. The summed E-state index contributed by atoms with van der Waals surface area (Å²) in [6, 6.07) is 6.18. The molecule has 1 N–H and O–H groups in total. The van der Waals surface area contributed by atoms with Crippen LogP contribution in [0.25, 0.3) is 0 Å². The molecule has 0 aliphatic rings. The van der Waals surface area contributed by atoms with E-state index < -0.39 is 12.7 Å². The van der Waals surface area contributed by atoms with Crippen molar-refractivity contribution in [3.8, 4) is 5.75 Å². The second-order valence-corrected chi connectivity index (χ2v) is 4.10. The molecule has 0 heterocycles. The van der Waals surface area contributed by atoms with E-state index in [9.17, 15) is 13.9 Å². The van der Waals surface area contributed by atoms with Gasteiger partial charge in [0.15, 0.2) is 0 Å². The molecule has 16 heavy (non-hydrogen) atoms. The Morgan fingerprint density at radius 3 is 2.56 bits per heavy atom. The van der Waals surface area contributed by atoms with Crippen LogP contribution in [0.2, 0.25) is 0 Å². The second kappa shape index (κ2) is 5.80. The van der Waals surface area contributed by atoms with E-state index in [1.165, 1.54) is 12.1 Å². The molecule has 1 atom stereocenters. The predicted molar refractivity (Wildman–Crippen MR) is 57.5 cm³/mol. The number of aliphatic hydroxyl groups is 1. The molecule has 90 valence electrons. The Morgan fingerprint density at radius 1 is 1.31 bits per heavy atom. The van der Waals surface area contributed by atoms with E-state index in [1.54, 1.807) is 12.1 Å². The Labute approximate surface area is 93.9 Å². The smallest absolute Gasteiger partial charge is 0.387 e. The van der Waals surface area contributed by atoms with Crippen molar-refractivity contribution in [3.05, 3.63) is 29.8 Å². The van der Waals surface area contributed by atoms with E-state index >= 15 is 0 Å². The minimum absolute atomic E-state index is 0.0790. The monoisotopic (exact) mass is 230 g/mol. The van der Waals surface area contributed by atoms with Gasteiger partial charge < -0.3 is 9.84 Å². The van der Waals surface area contributed by atoms with Gasteiger partial charge >= 0.3 is 6.61 Å². The molecule has 1 aromatic rings. The van der Waals surface area contributed by atoms with Gasteiger partial charge in [-0.3, -0.25) is 0 Å². The maximum atomic E-state index is 12.0. The summed E-state index contributed by atoms with van der Waals surface area (Å²) in [6.07, 6.45) is -0.0424. The van der Waals surface area contributed by atoms with Crippen LogP contribution in [0.4, 0.5) is 8.78 Å². The van der Waals surface area contributed by atoms with Crippen LogP contribution >= 0.6 is 0 Å². The number of ether oxygens (including phenoxy) is 1. The summed E-state index contributed by atoms with van der Waals surface area (Å²) in [7, 11) is 0. The fourth-order valence-electron chi connectivity index (χ4n) is 1.48. The Kier molecular flexibility index (Phi) is 4.68. The molecule has 2 nitrogen and oxygen atoms in total. The van der Waals surface area contributed by atoms with Crippen molar-refractivity contribution in [3.63, 3.8) is 0 Å². The van der Waals surface area contributed by atoms with E-state index in [4.69, 9.17) is 0 Å². The van der Waals surface area contributed by atoms with Gasteiger partial charge in [0.05, 0.1) is 6.10 Å². The molecule has 0 aliphatic carbocycles. The molecule has 1 aromatic carbocycles. The molecule has 0 spiro atoms. The van der Waals surface area contributed by atoms with Crippen LogP contribution in [0.1, 0.15) is 31.9 Å². The average molecular weight is 230 g/mol. The summed E-state index contributed by atoms with van der Waals surface area (Å²) >= 11 is 0. The van der Waals surface area contributed by atoms with Crippen LogP contribution in [0.3, 0.4) is 0 Å². The number of benzene rings is 1. The standard InChI is InChI=1S/C12H16F2O2/c1-8(2)6-11(15)9-4-3-5-10(7-9)16-12(13)14/h3-5,7-8,11-12,15H,6H2,1-2H3. The number of hydrogen-bond donors (Lipinski definition) is 1. The third-order valence-electron chi connectivity index (χ3n) is 2.16. The summed E-state index contributed by atoms with van der Waals surface area (Å²) in [5.41, 5.74) is 0.604. The lowest BCUT2D eigenvalue weighted by Crippen LogP contribution is -2.05. The van der Waals surface area contributed by atoms with Gasteiger partial charge in [-0.2, -0.15) is 8.78 Å². The quantitative estimate of drug-likeness (QED) is 0.840. The van der Waals surface area contributed by atoms with Crippen LogP contribution in [0.15, 0.2) is 24.3 Å². The zero-order valence-electron chi connectivity index (χ0n) is 9.36. The van der Waals surface area contributed by atoms with Crippen molar-refractivity contribution in [1.82, 2.24) is 0 Å². The van der Waals surface area contributed by atoms with Crippen molar-refractivity contribution >= 4 is 0 Å². The van der Waals surface area contributed by atoms with Crippen LogP contribution in [0.5, 0.6) is 5.75 Å². The number of halogens is 2. The van der Waals surface area contributed by atoms with Gasteiger partial charge in [-0.25, -0.2) is 0 Å². The van der Waals surface area contributed by atoms with E-state index in [1.807, 2.05) is 13.8 Å². The fraction of sp³-hybridized carbons (Fsp3) is 0.500. The predicted octanol–water partition coefficient (Wildman–Crippen LogP) is 3.37. The fourth-order valence-corrected chi connectivity index (χ4v) is 1.48. The molecule has 1 unspecified atom stereocenters. The first-order valence-corrected chi connectivity index (χ1v) is 5.22. The topological polar surface area (TPSA) is 29.5 Å². The van der Waals surface area contributed by atoms with E-state index in [2.05, 4.69) is 4.74 Å². The van der Waals surface area contributed by atoms with Crippen LogP contribution in [-0.2, 0) is 0 Å². The Bertz CT molecular complexity index is 327. The van der Waals surface area contributed by atoms with Crippen LogP contribution in [0, 0.1) is 5.92 Å². The number of aliphatic hydroxyl groups excluding tert-OH is 1. The van der Waals surface area contributed by atoms with Gasteiger partial charge in [0.2, 0.25) is 0 Å². The Hall–Kier alpha value is -1.16. The number of rotatable bonds is 5. The van der Waals surface area contributed by atoms with Gasteiger partial charge in [-0.05, 0) is 30.0 Å². The molecular formula is C12H16F2O2. The summed E-state index contributed by atoms with van der Waals surface area (Å²) < 4.78 is 28.2. The van der Waals surface area contributed by atoms with Crippen molar-refractivity contribution in [2.45, 2.75) is 33.0 Å². The highest BCUT2D eigenvalue weighted by atomic mass is 19.3. The zero-order valence-corrected chi connectivity index (χ0v) is 9.36. The first-order valence-electron chi connectivity index (χ1n) is 5.22. The molecule has 0 fully saturated rings. The molecule has 1 rings (SSSR count). The maximum Gasteiger partial charge on any atom is 0.387 e. The van der Waals surface area contributed by atoms with Crippen LogP contribution < -0.4 is 4.74 Å². The second-order valence-electron chi connectivity index (χ2n) is 4.10. The van der Waals surface area contributed by atoms with Crippen molar-refractivity contribution < 1.29 is 18.6 Å². The minimum atomic E-state index is -2.84. The SMILES string of the molecule is CC(C)CC(O)c1cccc(OC(F)F)c1. The highest BCUT2D eigenvalue weighted by Gasteiger charge is 2.11. The molecule has 4 heteroatoms. The molecule has 0 aliphatic heterocycles. The van der Waals surface area contributed by atoms with E-state index in [-0.39, 0.29) is 5.75 Å². The largest absolute Gasteiger partial charge is 0.435 e. The Balaban J connectivity index is 2.73. The van der Waals surface area contributed by atoms with Gasteiger partial charge in [-0.15, -0.1) is 0 Å². The van der Waals surface area contributed by atoms with Crippen molar-refractivity contribution in [2.75, 3.05) is 0 Å². The van der Waals surface area contributed by atoms with Gasteiger partial charge in [-0.1, -0.05) is 26.0 Å². The number of hydrogen-bond acceptors (Lipinski definition) is 2. The lowest BCUT2D eigenvalue weighted by Gasteiger charge is -2.14. The third kappa shape index (κ3) is 4.14. The Morgan fingerprint density at radius 2 is 2.00 bits per heavy atom. The molecule has 0 bridgehead atoms. The van der Waals surface area contributed by atoms with E-state index in [0.717, 1.165) is 0 Å². The molecule has 0 aromatic heterocycles. The number of alkyl halides is 2. The van der Waals surface area contributed by atoms with Crippen molar-refractivity contribution in [1.29, 1.82) is 0 Å². The van der Waals surface area contributed by atoms with Gasteiger partial charge in [0.25, 0.3) is 0 Å². The molecule has 0 saturated heterocycles.